The predicted octanol–water partition coefficient (Wildman–Crippen LogP) is -1.01. The first kappa shape index (κ1) is 16.4. The molecule has 1 unspecified atom stereocenters. The number of nitrogens with one attached hydrogen (secondary N) is 2. The van der Waals surface area contributed by atoms with E-state index in [-0.39, 0.29) is 12.3 Å². The van der Waals surface area contributed by atoms with Gasteiger partial charge in [-0.2, -0.15) is 0 Å². The van der Waals surface area contributed by atoms with Crippen LogP contribution in [0.3, 0.4) is 0 Å². The van der Waals surface area contributed by atoms with E-state index in [4.69, 9.17) is 5.11 Å². The van der Waals surface area contributed by atoms with E-state index in [1.807, 2.05) is 5.32 Å². The number of hydrogen-bond donors (Lipinski definition) is 4. The summed E-state index contributed by atoms with van der Waals surface area (Å²) in [5.41, 5.74) is 0. The Kier molecular flexibility index (Phi) is 4.50. The van der Waals surface area contributed by atoms with Crippen molar-refractivity contribution in [2.24, 2.45) is 5.92 Å². The van der Waals surface area contributed by atoms with Crippen molar-refractivity contribution >= 4 is 17.9 Å². The molecule has 2 saturated heterocycles. The summed E-state index contributed by atoms with van der Waals surface area (Å²) in [7, 11) is 0. The number of amides is 3. The monoisotopic (exact) mass is 321 g/mol. The van der Waals surface area contributed by atoms with E-state index in [0.29, 0.717) is 13.0 Å². The highest BCUT2D eigenvalue weighted by molar-refractivity contribution is 5.84. The minimum Gasteiger partial charge on any atom is -0.465 e. The first-order valence-corrected chi connectivity index (χ1v) is 6.81. The number of halogens is 2. The summed E-state index contributed by atoms with van der Waals surface area (Å²) in [6, 6.07) is -1.23. The number of likely N-dealkylation sites (tertiary alicyclic amines) is 1. The zero-order valence-corrected chi connectivity index (χ0v) is 11.6. The third kappa shape index (κ3) is 3.62. The van der Waals surface area contributed by atoms with Crippen LogP contribution in [0, 0.1) is 5.92 Å². The van der Waals surface area contributed by atoms with Gasteiger partial charge >= 0.3 is 6.09 Å². The molecule has 0 saturated carbocycles. The van der Waals surface area contributed by atoms with Crippen molar-refractivity contribution in [3.8, 4) is 0 Å². The highest BCUT2D eigenvalue weighted by Gasteiger charge is 2.48. The zero-order valence-electron chi connectivity index (χ0n) is 11.6. The van der Waals surface area contributed by atoms with Crippen LogP contribution in [0.2, 0.25) is 0 Å². The Labute approximate surface area is 124 Å². The van der Waals surface area contributed by atoms with Gasteiger partial charge in [0.25, 0.3) is 11.8 Å². The number of alkyl halides is 2. The lowest BCUT2D eigenvalue weighted by Crippen LogP contribution is -2.63. The minimum atomic E-state index is -2.98. The molecule has 0 aromatic carbocycles. The van der Waals surface area contributed by atoms with Gasteiger partial charge < -0.3 is 25.7 Å². The number of hydrogen-bond acceptors (Lipinski definition) is 4. The molecule has 2 heterocycles. The fraction of sp³-hybridized carbons (Fsp3) is 0.750. The number of carbonyl (C=O) groups excluding carboxylic acids is 2. The van der Waals surface area contributed by atoms with Gasteiger partial charge in [-0.3, -0.25) is 9.59 Å². The lowest BCUT2D eigenvalue weighted by molar-refractivity contribution is -0.174. The van der Waals surface area contributed by atoms with Crippen LogP contribution in [-0.4, -0.2) is 70.7 Å². The van der Waals surface area contributed by atoms with Crippen LogP contribution < -0.4 is 10.6 Å². The molecular formula is C12H17F2N3O5. The highest BCUT2D eigenvalue weighted by atomic mass is 19.3. The van der Waals surface area contributed by atoms with E-state index >= 15 is 0 Å². The molecule has 10 heteroatoms. The number of carboxylic acid groups (broad SMARTS) is 1. The first-order chi connectivity index (χ1) is 10.2. The molecule has 0 aromatic rings. The van der Waals surface area contributed by atoms with E-state index in [1.54, 1.807) is 0 Å². The first-order valence-electron chi connectivity index (χ1n) is 6.81. The Morgan fingerprint density at radius 2 is 2.09 bits per heavy atom. The Morgan fingerprint density at radius 3 is 2.55 bits per heavy atom. The largest absolute Gasteiger partial charge is 0.465 e. The third-order valence-electron chi connectivity index (χ3n) is 3.80. The zero-order chi connectivity index (χ0) is 16.5. The van der Waals surface area contributed by atoms with Crippen molar-refractivity contribution < 1.29 is 33.4 Å². The van der Waals surface area contributed by atoms with Crippen LogP contribution in [0.5, 0.6) is 0 Å². The SMILES string of the molecule is O=C(O)N[C@@H](C[C@@H]1CCNC1=O)C(O)C(=O)N1CC(F)(F)C1. The molecule has 3 atom stereocenters. The number of nitrogens with zero attached hydrogens (tertiary/aromatic N) is 1. The molecule has 124 valence electrons. The molecule has 2 rings (SSSR count). The summed E-state index contributed by atoms with van der Waals surface area (Å²) in [5, 5.41) is 23.3. The maximum atomic E-state index is 12.8. The maximum Gasteiger partial charge on any atom is 0.404 e. The van der Waals surface area contributed by atoms with Gasteiger partial charge in [0, 0.05) is 12.5 Å². The van der Waals surface area contributed by atoms with E-state index in [1.165, 1.54) is 0 Å². The summed E-state index contributed by atoms with van der Waals surface area (Å²) in [6.45, 7) is -1.16. The molecule has 0 bridgehead atoms. The lowest BCUT2D eigenvalue weighted by Gasteiger charge is -2.40. The summed E-state index contributed by atoms with van der Waals surface area (Å²) in [5.74, 6) is -4.76. The van der Waals surface area contributed by atoms with E-state index < -0.39 is 49.1 Å². The van der Waals surface area contributed by atoms with Gasteiger partial charge in [0.05, 0.1) is 19.1 Å². The molecule has 0 aliphatic carbocycles. The van der Waals surface area contributed by atoms with Crippen LogP contribution in [0.1, 0.15) is 12.8 Å². The van der Waals surface area contributed by atoms with Gasteiger partial charge in [-0.25, -0.2) is 13.6 Å². The molecule has 0 aromatic heterocycles. The number of aliphatic hydroxyl groups excluding tert-OH is 1. The predicted molar refractivity (Wildman–Crippen MR) is 68.2 cm³/mol. The molecule has 0 radical (unpaired) electrons. The fourth-order valence-electron chi connectivity index (χ4n) is 2.63. The van der Waals surface area contributed by atoms with Crippen molar-refractivity contribution in [3.05, 3.63) is 0 Å². The van der Waals surface area contributed by atoms with E-state index in [0.717, 1.165) is 4.90 Å². The molecule has 22 heavy (non-hydrogen) atoms. The molecule has 3 amide bonds. The van der Waals surface area contributed by atoms with Gasteiger partial charge in [0.15, 0.2) is 6.10 Å². The van der Waals surface area contributed by atoms with Crippen LogP contribution in [0.4, 0.5) is 13.6 Å². The van der Waals surface area contributed by atoms with E-state index in [9.17, 15) is 28.3 Å². The van der Waals surface area contributed by atoms with Crippen LogP contribution in [0.25, 0.3) is 0 Å². The molecule has 2 aliphatic rings. The van der Waals surface area contributed by atoms with Gasteiger partial charge in [-0.15, -0.1) is 0 Å². The second-order valence-corrected chi connectivity index (χ2v) is 5.56. The Morgan fingerprint density at radius 1 is 1.45 bits per heavy atom. The number of carbonyl (C=O) groups is 3. The molecule has 0 spiro atoms. The van der Waals surface area contributed by atoms with Crippen molar-refractivity contribution in [1.29, 1.82) is 0 Å². The molecule has 2 aliphatic heterocycles. The van der Waals surface area contributed by atoms with Gasteiger partial charge in [-0.05, 0) is 12.8 Å². The average molecular weight is 321 g/mol. The van der Waals surface area contributed by atoms with Crippen LogP contribution in [0.15, 0.2) is 0 Å². The van der Waals surface area contributed by atoms with Crippen molar-refractivity contribution in [3.63, 3.8) is 0 Å². The van der Waals surface area contributed by atoms with E-state index in [2.05, 4.69) is 5.32 Å². The lowest BCUT2D eigenvalue weighted by atomic mass is 9.94. The van der Waals surface area contributed by atoms with Crippen molar-refractivity contribution in [1.82, 2.24) is 15.5 Å². The second kappa shape index (κ2) is 6.03. The number of rotatable bonds is 5. The second-order valence-electron chi connectivity index (χ2n) is 5.56. The Bertz CT molecular complexity index is 479. The van der Waals surface area contributed by atoms with Crippen LogP contribution >= 0.6 is 0 Å². The Hall–Kier alpha value is -1.97. The van der Waals surface area contributed by atoms with Crippen LogP contribution in [-0.2, 0) is 9.59 Å². The molecule has 8 nitrogen and oxygen atoms in total. The van der Waals surface area contributed by atoms with Gasteiger partial charge in [0.1, 0.15) is 0 Å². The van der Waals surface area contributed by atoms with Gasteiger partial charge in [0.2, 0.25) is 5.91 Å². The normalized spacial score (nSPS) is 25.9. The third-order valence-corrected chi connectivity index (χ3v) is 3.80. The molecular weight excluding hydrogens is 304 g/mol. The maximum absolute atomic E-state index is 12.8. The highest BCUT2D eigenvalue weighted by Crippen LogP contribution is 2.28. The Balaban J connectivity index is 1.99. The topological polar surface area (TPSA) is 119 Å². The average Bonchev–Trinajstić information content (AvgIpc) is 2.78. The quantitative estimate of drug-likeness (QED) is 0.517. The smallest absolute Gasteiger partial charge is 0.404 e. The summed E-state index contributed by atoms with van der Waals surface area (Å²) in [6.07, 6.45) is -2.89. The van der Waals surface area contributed by atoms with Crippen molar-refractivity contribution in [2.45, 2.75) is 30.9 Å². The summed E-state index contributed by atoms with van der Waals surface area (Å²) >= 11 is 0. The minimum absolute atomic E-state index is 0.0741. The molecule has 2 fully saturated rings. The summed E-state index contributed by atoms with van der Waals surface area (Å²) in [4.78, 5) is 35.0. The standard InChI is InChI=1S/C12H17F2N3O5/c13-12(14)4-17(5-12)10(20)8(18)7(16-11(21)22)3-6-1-2-15-9(6)19/h6-8,16,18H,1-5H2,(H,15,19)(H,21,22)/t6-,7-,8?/m0/s1. The van der Waals surface area contributed by atoms with Gasteiger partial charge in [-0.1, -0.05) is 0 Å². The van der Waals surface area contributed by atoms with Crippen molar-refractivity contribution in [2.75, 3.05) is 19.6 Å². The summed E-state index contributed by atoms with van der Waals surface area (Å²) < 4.78 is 25.5. The fourth-order valence-corrected chi connectivity index (χ4v) is 2.63. The number of aliphatic hydroxyl groups is 1. The molecule has 4 N–H and O–H groups in total.